The van der Waals surface area contributed by atoms with E-state index in [1.165, 1.54) is 18.0 Å². The third-order valence-corrected chi connectivity index (χ3v) is 6.32. The number of anilines is 1. The Balaban J connectivity index is 1.52. The number of hydrogen-bond acceptors (Lipinski definition) is 7. The molecule has 2 aromatic carbocycles. The number of methoxy groups -OCH3 is 1. The van der Waals surface area contributed by atoms with Gasteiger partial charge in [0, 0.05) is 5.69 Å². The van der Waals surface area contributed by atoms with Crippen LogP contribution in [-0.4, -0.2) is 28.5 Å². The molecule has 2 heterocycles. The predicted octanol–water partition coefficient (Wildman–Crippen LogP) is 4.55. The summed E-state index contributed by atoms with van der Waals surface area (Å²) >= 11 is 1.09. The quantitative estimate of drug-likeness (QED) is 0.421. The molecule has 1 atom stereocenters. The average Bonchev–Trinajstić information content (AvgIpc) is 3.17. The number of amides is 1. The minimum absolute atomic E-state index is 0.310. The summed E-state index contributed by atoms with van der Waals surface area (Å²) in [7, 11) is 1.28. The highest BCUT2D eigenvalue weighted by molar-refractivity contribution is 7.20. The molecule has 0 aliphatic rings. The van der Waals surface area contributed by atoms with Crippen molar-refractivity contribution in [2.24, 2.45) is 0 Å². The van der Waals surface area contributed by atoms with E-state index in [1.807, 2.05) is 30.3 Å². The maximum atomic E-state index is 13.1. The van der Waals surface area contributed by atoms with Gasteiger partial charge in [0.25, 0.3) is 5.56 Å². The van der Waals surface area contributed by atoms with Gasteiger partial charge in [0.15, 0.2) is 0 Å². The van der Waals surface area contributed by atoms with Crippen LogP contribution in [0.15, 0.2) is 65.7 Å². The number of aryl methyl sites for hydroxylation is 1. The van der Waals surface area contributed by atoms with E-state index >= 15 is 0 Å². The second-order valence-corrected chi connectivity index (χ2v) is 8.29. The van der Waals surface area contributed by atoms with E-state index in [9.17, 15) is 14.4 Å². The average molecular weight is 464 g/mol. The molecule has 0 aliphatic heterocycles. The van der Waals surface area contributed by atoms with Crippen LogP contribution in [0.25, 0.3) is 10.2 Å². The lowest BCUT2D eigenvalue weighted by Gasteiger charge is -2.15. The van der Waals surface area contributed by atoms with Crippen molar-refractivity contribution in [3.8, 4) is 11.5 Å². The van der Waals surface area contributed by atoms with Crippen molar-refractivity contribution in [3.05, 3.63) is 81.7 Å². The molecule has 0 fully saturated rings. The van der Waals surface area contributed by atoms with Gasteiger partial charge in [-0.25, -0.2) is 9.78 Å². The molecule has 168 valence electrons. The first-order chi connectivity index (χ1) is 15.9. The smallest absolute Gasteiger partial charge is 0.348 e. The number of nitrogens with zero attached hydrogens (tertiary/aromatic N) is 2. The van der Waals surface area contributed by atoms with Gasteiger partial charge >= 0.3 is 5.97 Å². The fourth-order valence-corrected chi connectivity index (χ4v) is 4.36. The van der Waals surface area contributed by atoms with Gasteiger partial charge in [0.05, 0.1) is 18.8 Å². The van der Waals surface area contributed by atoms with E-state index in [0.717, 1.165) is 11.3 Å². The van der Waals surface area contributed by atoms with Gasteiger partial charge in [-0.2, -0.15) is 0 Å². The summed E-state index contributed by atoms with van der Waals surface area (Å²) < 4.78 is 11.8. The Labute approximate surface area is 193 Å². The fraction of sp³-hybridized carbons (Fsp3) is 0.167. The van der Waals surface area contributed by atoms with E-state index in [1.54, 1.807) is 38.1 Å². The summed E-state index contributed by atoms with van der Waals surface area (Å²) in [5, 5.41) is 3.11. The van der Waals surface area contributed by atoms with Crippen molar-refractivity contribution in [1.82, 2.24) is 9.55 Å². The minimum Gasteiger partial charge on any atom is -0.465 e. The van der Waals surface area contributed by atoms with Crippen molar-refractivity contribution in [1.29, 1.82) is 0 Å². The molecule has 0 radical (unpaired) electrons. The monoisotopic (exact) mass is 463 g/mol. The van der Waals surface area contributed by atoms with Gasteiger partial charge < -0.3 is 14.8 Å². The van der Waals surface area contributed by atoms with Crippen LogP contribution in [0.4, 0.5) is 5.69 Å². The molecule has 4 rings (SSSR count). The minimum atomic E-state index is -0.824. The summed E-state index contributed by atoms with van der Waals surface area (Å²) in [5.74, 6) is 0.444. The molecule has 2 aromatic heterocycles. The van der Waals surface area contributed by atoms with Crippen LogP contribution < -0.4 is 15.6 Å². The van der Waals surface area contributed by atoms with Gasteiger partial charge in [-0.15, -0.1) is 11.3 Å². The number of nitrogens with one attached hydrogen (secondary N) is 1. The maximum absolute atomic E-state index is 13.1. The van der Waals surface area contributed by atoms with Crippen molar-refractivity contribution in [3.63, 3.8) is 0 Å². The van der Waals surface area contributed by atoms with Crippen LogP contribution in [0, 0.1) is 6.92 Å². The number of fused-ring (bicyclic) bond motifs is 1. The molecule has 0 spiro atoms. The zero-order valence-electron chi connectivity index (χ0n) is 18.2. The van der Waals surface area contributed by atoms with Crippen LogP contribution in [0.3, 0.4) is 0 Å². The van der Waals surface area contributed by atoms with Crippen molar-refractivity contribution < 1.29 is 19.1 Å². The first-order valence-electron chi connectivity index (χ1n) is 10.1. The molecule has 33 heavy (non-hydrogen) atoms. The molecule has 8 nitrogen and oxygen atoms in total. The van der Waals surface area contributed by atoms with Crippen LogP contribution in [0.1, 0.15) is 28.2 Å². The molecule has 0 bridgehead atoms. The number of esters is 1. The normalized spacial score (nSPS) is 11.7. The van der Waals surface area contributed by atoms with Crippen LogP contribution >= 0.6 is 11.3 Å². The topological polar surface area (TPSA) is 99.5 Å². The summed E-state index contributed by atoms with van der Waals surface area (Å²) in [6, 6.07) is 15.5. The Morgan fingerprint density at radius 2 is 1.73 bits per heavy atom. The molecule has 9 heteroatoms. The standard InChI is InChI=1S/C24H21N3O5S/c1-14-19-22(33-20(14)24(30)31-3)25-13-27(23(19)29)15(2)21(28)26-16-9-11-18(12-10-16)32-17-7-5-4-6-8-17/h4-13,15H,1-3H3,(H,26,28). The summed E-state index contributed by atoms with van der Waals surface area (Å²) in [6.07, 6.45) is 1.32. The number of aromatic nitrogens is 2. The fourth-order valence-electron chi connectivity index (χ4n) is 3.30. The molecule has 0 aliphatic carbocycles. The number of thiophene rings is 1. The number of hydrogen-bond donors (Lipinski definition) is 1. The number of carbonyl (C=O) groups excluding carboxylic acids is 2. The lowest BCUT2D eigenvalue weighted by molar-refractivity contribution is -0.118. The highest BCUT2D eigenvalue weighted by Gasteiger charge is 2.23. The van der Waals surface area contributed by atoms with Gasteiger partial charge in [-0.3, -0.25) is 14.2 Å². The largest absolute Gasteiger partial charge is 0.465 e. The summed E-state index contributed by atoms with van der Waals surface area (Å²) in [6.45, 7) is 3.28. The Morgan fingerprint density at radius 1 is 1.06 bits per heavy atom. The Kier molecular flexibility index (Phi) is 6.23. The SMILES string of the molecule is COC(=O)c1sc2ncn(C(C)C(=O)Nc3ccc(Oc4ccccc4)cc3)c(=O)c2c1C. The number of para-hydroxylation sites is 1. The first-order valence-corrected chi connectivity index (χ1v) is 10.9. The number of benzene rings is 2. The number of carbonyl (C=O) groups is 2. The number of ether oxygens (including phenoxy) is 2. The predicted molar refractivity (Wildman–Crippen MR) is 126 cm³/mol. The lowest BCUT2D eigenvalue weighted by Crippen LogP contribution is -2.31. The lowest BCUT2D eigenvalue weighted by atomic mass is 10.2. The zero-order valence-corrected chi connectivity index (χ0v) is 19.0. The summed E-state index contributed by atoms with van der Waals surface area (Å²) in [5.41, 5.74) is 0.669. The number of rotatable bonds is 6. The third-order valence-electron chi connectivity index (χ3n) is 5.14. The third kappa shape index (κ3) is 4.49. The highest BCUT2D eigenvalue weighted by Crippen LogP contribution is 2.28. The molecule has 0 saturated heterocycles. The summed E-state index contributed by atoms with van der Waals surface area (Å²) in [4.78, 5) is 42.9. The van der Waals surface area contributed by atoms with E-state index in [0.29, 0.717) is 37.8 Å². The Bertz CT molecular complexity index is 1380. The Hall–Kier alpha value is -3.98. The molecule has 1 unspecified atom stereocenters. The molecule has 1 N–H and O–H groups in total. The highest BCUT2D eigenvalue weighted by atomic mass is 32.1. The van der Waals surface area contributed by atoms with Gasteiger partial charge in [-0.1, -0.05) is 18.2 Å². The van der Waals surface area contributed by atoms with E-state index in [2.05, 4.69) is 10.3 Å². The molecule has 1 amide bonds. The van der Waals surface area contributed by atoms with Crippen LogP contribution in [0.5, 0.6) is 11.5 Å². The van der Waals surface area contributed by atoms with Crippen molar-refractivity contribution >= 4 is 39.1 Å². The zero-order chi connectivity index (χ0) is 23.5. The molecule has 0 saturated carbocycles. The van der Waals surface area contributed by atoms with Gasteiger partial charge in [-0.05, 0) is 55.8 Å². The Morgan fingerprint density at radius 3 is 2.39 bits per heavy atom. The first kappa shape index (κ1) is 22.2. The van der Waals surface area contributed by atoms with E-state index in [4.69, 9.17) is 9.47 Å². The molecular weight excluding hydrogens is 442 g/mol. The van der Waals surface area contributed by atoms with E-state index < -0.39 is 17.6 Å². The van der Waals surface area contributed by atoms with Crippen LogP contribution in [-0.2, 0) is 9.53 Å². The second-order valence-electron chi connectivity index (χ2n) is 7.29. The van der Waals surface area contributed by atoms with Gasteiger partial charge in [0.2, 0.25) is 5.91 Å². The van der Waals surface area contributed by atoms with Crippen LogP contribution in [0.2, 0.25) is 0 Å². The second kappa shape index (κ2) is 9.25. The molecular formula is C24H21N3O5S. The van der Waals surface area contributed by atoms with E-state index in [-0.39, 0.29) is 5.91 Å². The van der Waals surface area contributed by atoms with Gasteiger partial charge in [0.1, 0.15) is 27.2 Å². The van der Waals surface area contributed by atoms with Crippen molar-refractivity contribution in [2.45, 2.75) is 19.9 Å². The van der Waals surface area contributed by atoms with Crippen molar-refractivity contribution in [2.75, 3.05) is 12.4 Å². The maximum Gasteiger partial charge on any atom is 0.348 e. The molecule has 4 aromatic rings.